The molecule has 2 aliphatic heterocycles. The molecule has 118 valence electrons. The van der Waals surface area contributed by atoms with Gasteiger partial charge in [-0.25, -0.2) is 8.42 Å². The van der Waals surface area contributed by atoms with Crippen molar-refractivity contribution in [1.82, 2.24) is 9.62 Å². The van der Waals surface area contributed by atoms with Gasteiger partial charge in [-0.15, -0.1) is 0 Å². The molecule has 0 radical (unpaired) electrons. The average Bonchev–Trinajstić information content (AvgIpc) is 2.73. The zero-order valence-corrected chi connectivity index (χ0v) is 12.8. The van der Waals surface area contributed by atoms with Crippen LogP contribution in [0.1, 0.15) is 17.2 Å². The molecule has 1 fully saturated rings. The summed E-state index contributed by atoms with van der Waals surface area (Å²) in [7, 11) is -3.69. The summed E-state index contributed by atoms with van der Waals surface area (Å²) in [5, 5.41) is 0. The van der Waals surface area contributed by atoms with Gasteiger partial charge in [-0.05, 0) is 11.1 Å². The monoisotopic (exact) mass is 324 g/mol. The van der Waals surface area contributed by atoms with Crippen LogP contribution in [0.15, 0.2) is 24.3 Å². The molecule has 8 heteroatoms. The van der Waals surface area contributed by atoms with E-state index >= 15 is 0 Å². The first kappa shape index (κ1) is 15.0. The summed E-state index contributed by atoms with van der Waals surface area (Å²) in [6, 6.07) is 6.25. The molecule has 0 aliphatic carbocycles. The van der Waals surface area contributed by atoms with Crippen LogP contribution in [0.2, 0.25) is 0 Å². The van der Waals surface area contributed by atoms with Crippen molar-refractivity contribution in [2.24, 2.45) is 5.92 Å². The molecule has 3 rings (SSSR count). The van der Waals surface area contributed by atoms with Crippen LogP contribution in [0.4, 0.5) is 0 Å². The number of fused-ring (bicyclic) bond motifs is 1. The van der Waals surface area contributed by atoms with E-state index in [0.717, 1.165) is 11.8 Å². The fourth-order valence-electron chi connectivity index (χ4n) is 2.73. The molecule has 1 unspecified atom stereocenters. The highest BCUT2D eigenvalue weighted by molar-refractivity contribution is 7.89. The Bertz CT molecular complexity index is 727. The minimum Gasteiger partial charge on any atom is -0.380 e. The third-order valence-electron chi connectivity index (χ3n) is 3.81. The predicted molar refractivity (Wildman–Crippen MR) is 77.0 cm³/mol. The highest BCUT2D eigenvalue weighted by Crippen LogP contribution is 2.35. The number of ether oxygens (including phenoxy) is 1. The van der Waals surface area contributed by atoms with Crippen LogP contribution in [0.25, 0.3) is 0 Å². The minimum atomic E-state index is -3.69. The van der Waals surface area contributed by atoms with Gasteiger partial charge >= 0.3 is 0 Å². The molecule has 0 spiro atoms. The second-order valence-electron chi connectivity index (χ2n) is 5.54. The Labute approximate surface area is 128 Å². The summed E-state index contributed by atoms with van der Waals surface area (Å²) in [5.74, 6) is -1.15. The van der Waals surface area contributed by atoms with E-state index in [2.05, 4.69) is 0 Å². The Morgan fingerprint density at radius 3 is 2.55 bits per heavy atom. The van der Waals surface area contributed by atoms with Gasteiger partial charge < -0.3 is 9.64 Å². The predicted octanol–water partition coefficient (Wildman–Crippen LogP) is -0.208. The number of benzene rings is 1. The van der Waals surface area contributed by atoms with Crippen molar-refractivity contribution < 1.29 is 22.7 Å². The van der Waals surface area contributed by atoms with E-state index in [1.165, 1.54) is 4.90 Å². The number of sulfonamides is 1. The van der Waals surface area contributed by atoms with Gasteiger partial charge in [-0.3, -0.25) is 14.3 Å². The normalized spacial score (nSPS) is 21.1. The molecule has 1 aromatic carbocycles. The first-order chi connectivity index (χ1) is 10.4. The van der Waals surface area contributed by atoms with E-state index in [4.69, 9.17) is 4.74 Å². The van der Waals surface area contributed by atoms with Crippen LogP contribution in [0.3, 0.4) is 0 Å². The summed E-state index contributed by atoms with van der Waals surface area (Å²) in [5.41, 5.74) is 1.52. The fraction of sp³-hybridized carbons (Fsp3) is 0.429. The molecule has 2 aliphatic rings. The van der Waals surface area contributed by atoms with E-state index in [1.54, 1.807) is 12.1 Å². The van der Waals surface area contributed by atoms with Crippen LogP contribution >= 0.6 is 0 Å². The van der Waals surface area contributed by atoms with Crippen LogP contribution in [-0.4, -0.2) is 44.6 Å². The molecule has 1 N–H and O–H groups in total. The SMILES string of the molecule is CS(=O)(=O)NC(=O)C1c2ccccc2CN1C(=O)C1COC1. The number of nitrogens with zero attached hydrogens (tertiary/aromatic N) is 1. The zero-order chi connectivity index (χ0) is 15.9. The maximum Gasteiger partial charge on any atom is 0.260 e. The van der Waals surface area contributed by atoms with Gasteiger partial charge in [0.2, 0.25) is 15.9 Å². The van der Waals surface area contributed by atoms with Crippen LogP contribution in [-0.2, 0) is 30.9 Å². The van der Waals surface area contributed by atoms with Gasteiger partial charge in [0.05, 0.1) is 25.4 Å². The second-order valence-corrected chi connectivity index (χ2v) is 7.29. The number of hydrogen-bond acceptors (Lipinski definition) is 5. The summed E-state index contributed by atoms with van der Waals surface area (Å²) >= 11 is 0. The number of nitrogens with one attached hydrogen (secondary N) is 1. The lowest BCUT2D eigenvalue weighted by Crippen LogP contribution is -2.48. The Kier molecular flexibility index (Phi) is 3.65. The number of carbonyl (C=O) groups is 2. The Morgan fingerprint density at radius 2 is 1.95 bits per heavy atom. The molecule has 0 aromatic heterocycles. The third-order valence-corrected chi connectivity index (χ3v) is 4.38. The average molecular weight is 324 g/mol. The number of carbonyl (C=O) groups excluding carboxylic acids is 2. The highest BCUT2D eigenvalue weighted by atomic mass is 32.2. The van der Waals surface area contributed by atoms with Crippen molar-refractivity contribution in [1.29, 1.82) is 0 Å². The standard InChI is InChI=1S/C14H16N2O5S/c1-22(19,20)15-13(17)12-11-5-3-2-4-9(11)6-16(12)14(18)10-7-21-8-10/h2-5,10,12H,6-8H2,1H3,(H,15,17). The third kappa shape index (κ3) is 2.71. The van der Waals surface area contributed by atoms with Gasteiger partial charge in [-0.2, -0.15) is 0 Å². The summed E-state index contributed by atoms with van der Waals surface area (Å²) in [6.45, 7) is 0.978. The van der Waals surface area contributed by atoms with E-state index in [-0.39, 0.29) is 11.8 Å². The molecular formula is C14H16N2O5S. The quantitative estimate of drug-likeness (QED) is 0.831. The minimum absolute atomic E-state index is 0.184. The van der Waals surface area contributed by atoms with Crippen molar-refractivity contribution in [2.75, 3.05) is 19.5 Å². The molecule has 7 nitrogen and oxygen atoms in total. The molecule has 1 aromatic rings. The van der Waals surface area contributed by atoms with Gasteiger partial charge in [0.25, 0.3) is 5.91 Å². The first-order valence-electron chi connectivity index (χ1n) is 6.84. The molecule has 2 heterocycles. The van der Waals surface area contributed by atoms with Gasteiger partial charge in [0.15, 0.2) is 0 Å². The fourth-order valence-corrected chi connectivity index (χ4v) is 3.20. The van der Waals surface area contributed by atoms with Crippen molar-refractivity contribution in [3.05, 3.63) is 35.4 Å². The topological polar surface area (TPSA) is 92.8 Å². The van der Waals surface area contributed by atoms with E-state index < -0.39 is 22.0 Å². The Balaban J connectivity index is 1.92. The molecule has 0 bridgehead atoms. The number of rotatable bonds is 3. The van der Waals surface area contributed by atoms with Crippen molar-refractivity contribution in [3.8, 4) is 0 Å². The Hall–Kier alpha value is -1.93. The van der Waals surface area contributed by atoms with Crippen molar-refractivity contribution in [3.63, 3.8) is 0 Å². The summed E-state index contributed by atoms with van der Waals surface area (Å²) < 4.78 is 29.7. The lowest BCUT2D eigenvalue weighted by molar-refractivity contribution is -0.155. The first-order valence-corrected chi connectivity index (χ1v) is 8.73. The van der Waals surface area contributed by atoms with E-state index in [0.29, 0.717) is 25.3 Å². The second kappa shape index (κ2) is 5.36. The molecule has 0 saturated carbocycles. The smallest absolute Gasteiger partial charge is 0.260 e. The maximum absolute atomic E-state index is 12.5. The largest absolute Gasteiger partial charge is 0.380 e. The van der Waals surface area contributed by atoms with Crippen molar-refractivity contribution >= 4 is 21.8 Å². The molecular weight excluding hydrogens is 308 g/mol. The van der Waals surface area contributed by atoms with Gasteiger partial charge in [-0.1, -0.05) is 24.3 Å². The molecule has 22 heavy (non-hydrogen) atoms. The van der Waals surface area contributed by atoms with E-state index in [1.807, 2.05) is 16.9 Å². The van der Waals surface area contributed by atoms with Crippen molar-refractivity contribution in [2.45, 2.75) is 12.6 Å². The number of amides is 2. The van der Waals surface area contributed by atoms with Crippen LogP contribution in [0, 0.1) is 5.92 Å². The molecule has 1 atom stereocenters. The lowest BCUT2D eigenvalue weighted by Gasteiger charge is -2.32. The Morgan fingerprint density at radius 1 is 1.27 bits per heavy atom. The number of hydrogen-bond donors (Lipinski definition) is 1. The van der Waals surface area contributed by atoms with Gasteiger partial charge in [0, 0.05) is 6.54 Å². The maximum atomic E-state index is 12.5. The summed E-state index contributed by atoms with van der Waals surface area (Å²) in [6.07, 6.45) is 0.914. The zero-order valence-electron chi connectivity index (χ0n) is 12.0. The summed E-state index contributed by atoms with van der Waals surface area (Å²) in [4.78, 5) is 26.3. The van der Waals surface area contributed by atoms with E-state index in [9.17, 15) is 18.0 Å². The molecule has 1 saturated heterocycles. The highest BCUT2D eigenvalue weighted by Gasteiger charge is 2.42. The lowest BCUT2D eigenvalue weighted by atomic mass is 10.0. The van der Waals surface area contributed by atoms with Crippen LogP contribution < -0.4 is 4.72 Å². The van der Waals surface area contributed by atoms with Crippen LogP contribution in [0.5, 0.6) is 0 Å². The van der Waals surface area contributed by atoms with Gasteiger partial charge in [0.1, 0.15) is 6.04 Å². The molecule has 2 amide bonds.